The lowest BCUT2D eigenvalue weighted by Gasteiger charge is -1.99. The zero-order valence-corrected chi connectivity index (χ0v) is 6.93. The monoisotopic (exact) mass is 177 g/mol. The summed E-state index contributed by atoms with van der Waals surface area (Å²) in [5, 5.41) is 16.1. The van der Waals surface area contributed by atoms with Crippen molar-refractivity contribution in [1.82, 2.24) is 15.2 Å². The summed E-state index contributed by atoms with van der Waals surface area (Å²) in [7, 11) is 1.57. The number of ether oxygens (including phenoxy) is 1. The van der Waals surface area contributed by atoms with E-state index in [1.165, 1.54) is 0 Å². The predicted molar refractivity (Wildman–Crippen MR) is 45.5 cm³/mol. The molecule has 0 aliphatic heterocycles. The summed E-state index contributed by atoms with van der Waals surface area (Å²) >= 11 is 0. The molecule has 5 nitrogen and oxygen atoms in total. The second-order valence-electron chi connectivity index (χ2n) is 2.47. The fourth-order valence-electron chi connectivity index (χ4n) is 1.03. The van der Waals surface area contributed by atoms with Crippen LogP contribution in [0.4, 0.5) is 0 Å². The van der Waals surface area contributed by atoms with Gasteiger partial charge in [0.25, 0.3) is 0 Å². The first-order valence-corrected chi connectivity index (χ1v) is 3.67. The molecule has 1 aromatic heterocycles. The van der Waals surface area contributed by atoms with Crippen LogP contribution < -0.4 is 4.74 Å². The Kier molecular flexibility index (Phi) is 1.70. The summed E-state index contributed by atoms with van der Waals surface area (Å²) < 4.78 is 4.99. The fraction of sp³-hybridized carbons (Fsp3) is 0.125. The molecule has 0 aliphatic carbocycles. The zero-order chi connectivity index (χ0) is 9.26. The highest BCUT2D eigenvalue weighted by Gasteiger charge is 2.00. The van der Waals surface area contributed by atoms with Gasteiger partial charge in [-0.05, 0) is 12.1 Å². The van der Waals surface area contributed by atoms with Crippen molar-refractivity contribution in [3.8, 4) is 11.8 Å². The Labute approximate surface area is 74.0 Å². The SMILES string of the molecule is COc1ccc2nc(O)nnc2c1. The van der Waals surface area contributed by atoms with Gasteiger partial charge in [0.05, 0.1) is 12.6 Å². The third-order valence-electron chi connectivity index (χ3n) is 1.65. The Bertz CT molecular complexity index is 444. The quantitative estimate of drug-likeness (QED) is 0.695. The topological polar surface area (TPSA) is 68.1 Å². The maximum absolute atomic E-state index is 8.94. The molecule has 2 rings (SSSR count). The van der Waals surface area contributed by atoms with Gasteiger partial charge in [0.2, 0.25) is 0 Å². The molecule has 5 heteroatoms. The minimum absolute atomic E-state index is 0.322. The Morgan fingerprint density at radius 2 is 2.08 bits per heavy atom. The van der Waals surface area contributed by atoms with Crippen LogP contribution in [0, 0.1) is 0 Å². The highest BCUT2D eigenvalue weighted by atomic mass is 16.5. The van der Waals surface area contributed by atoms with Crippen molar-refractivity contribution in [1.29, 1.82) is 0 Å². The van der Waals surface area contributed by atoms with Crippen LogP contribution in [0.25, 0.3) is 11.0 Å². The number of rotatable bonds is 1. The number of nitrogens with zero attached hydrogens (tertiary/aromatic N) is 3. The van der Waals surface area contributed by atoms with Gasteiger partial charge in [-0.3, -0.25) is 0 Å². The van der Waals surface area contributed by atoms with Gasteiger partial charge < -0.3 is 9.84 Å². The van der Waals surface area contributed by atoms with Gasteiger partial charge in [0, 0.05) is 6.07 Å². The maximum atomic E-state index is 8.94. The highest BCUT2D eigenvalue weighted by molar-refractivity contribution is 5.75. The fourth-order valence-corrected chi connectivity index (χ4v) is 1.03. The Hall–Kier alpha value is -1.91. The van der Waals surface area contributed by atoms with E-state index in [-0.39, 0.29) is 6.01 Å². The van der Waals surface area contributed by atoms with Crippen LogP contribution in [0.3, 0.4) is 0 Å². The first kappa shape index (κ1) is 7.72. The van der Waals surface area contributed by atoms with Gasteiger partial charge in [-0.1, -0.05) is 5.10 Å². The average molecular weight is 177 g/mol. The van der Waals surface area contributed by atoms with Crippen molar-refractivity contribution >= 4 is 11.0 Å². The van der Waals surface area contributed by atoms with Crippen molar-refractivity contribution in [2.45, 2.75) is 0 Å². The Morgan fingerprint density at radius 1 is 1.23 bits per heavy atom. The summed E-state index contributed by atoms with van der Waals surface area (Å²) in [5.41, 5.74) is 1.19. The number of aromatic hydroxyl groups is 1. The number of hydrogen-bond acceptors (Lipinski definition) is 5. The molecule has 0 unspecified atom stereocenters. The number of hydrogen-bond donors (Lipinski definition) is 1. The molecule has 0 spiro atoms. The predicted octanol–water partition coefficient (Wildman–Crippen LogP) is 0.739. The molecule has 0 aliphatic rings. The molecule has 0 atom stereocenters. The molecule has 0 radical (unpaired) electrons. The summed E-state index contributed by atoms with van der Waals surface area (Å²) in [6.45, 7) is 0. The van der Waals surface area contributed by atoms with E-state index in [1.54, 1.807) is 25.3 Å². The summed E-state index contributed by atoms with van der Waals surface area (Å²) in [6.07, 6.45) is 0. The molecular weight excluding hydrogens is 170 g/mol. The van der Waals surface area contributed by atoms with Crippen molar-refractivity contribution in [3.63, 3.8) is 0 Å². The maximum Gasteiger partial charge on any atom is 0.333 e. The van der Waals surface area contributed by atoms with Crippen molar-refractivity contribution in [2.75, 3.05) is 7.11 Å². The second-order valence-corrected chi connectivity index (χ2v) is 2.47. The summed E-state index contributed by atoms with van der Waals surface area (Å²) in [4.78, 5) is 3.78. The van der Waals surface area contributed by atoms with Crippen LogP contribution in [0.1, 0.15) is 0 Å². The van der Waals surface area contributed by atoms with E-state index < -0.39 is 0 Å². The van der Waals surface area contributed by atoms with Crippen LogP contribution >= 0.6 is 0 Å². The molecule has 0 saturated heterocycles. The summed E-state index contributed by atoms with van der Waals surface area (Å²) in [6, 6.07) is 4.84. The lowest BCUT2D eigenvalue weighted by molar-refractivity contribution is 0.414. The van der Waals surface area contributed by atoms with E-state index in [9.17, 15) is 0 Å². The second kappa shape index (κ2) is 2.85. The van der Waals surface area contributed by atoms with Crippen LogP contribution in [-0.4, -0.2) is 27.4 Å². The molecule has 1 aromatic carbocycles. The van der Waals surface area contributed by atoms with Crippen molar-refractivity contribution < 1.29 is 9.84 Å². The van der Waals surface area contributed by atoms with Crippen molar-refractivity contribution in [2.24, 2.45) is 0 Å². The smallest absolute Gasteiger partial charge is 0.333 e. The molecule has 13 heavy (non-hydrogen) atoms. The minimum atomic E-state index is -0.322. The van der Waals surface area contributed by atoms with Crippen molar-refractivity contribution in [3.05, 3.63) is 18.2 Å². The number of fused-ring (bicyclic) bond motifs is 1. The third-order valence-corrected chi connectivity index (χ3v) is 1.65. The molecule has 1 N–H and O–H groups in total. The highest BCUT2D eigenvalue weighted by Crippen LogP contribution is 2.17. The standard InChI is InChI=1S/C8H7N3O2/c1-13-5-2-3-6-7(4-5)10-11-8(12)9-6/h2-4H,1H3,(H,9,11,12). The molecule has 0 bridgehead atoms. The van der Waals surface area contributed by atoms with Gasteiger partial charge in [-0.15, -0.1) is 5.10 Å². The van der Waals surface area contributed by atoms with Crippen LogP contribution in [-0.2, 0) is 0 Å². The molecule has 2 aromatic rings. The largest absolute Gasteiger partial charge is 0.497 e. The van der Waals surface area contributed by atoms with Gasteiger partial charge in [-0.25, -0.2) is 0 Å². The lowest BCUT2D eigenvalue weighted by atomic mass is 10.3. The van der Waals surface area contributed by atoms with E-state index in [2.05, 4.69) is 15.2 Å². The normalized spacial score (nSPS) is 10.2. The van der Waals surface area contributed by atoms with Crippen LogP contribution in [0.2, 0.25) is 0 Å². The van der Waals surface area contributed by atoms with E-state index in [0.717, 1.165) is 0 Å². The molecular formula is C8H7N3O2. The number of benzene rings is 1. The molecule has 66 valence electrons. The Morgan fingerprint density at radius 3 is 2.85 bits per heavy atom. The van der Waals surface area contributed by atoms with Crippen LogP contribution in [0.5, 0.6) is 11.8 Å². The van der Waals surface area contributed by atoms with E-state index in [1.807, 2.05) is 0 Å². The number of aromatic nitrogens is 3. The van der Waals surface area contributed by atoms with Gasteiger partial charge in [-0.2, -0.15) is 4.98 Å². The van der Waals surface area contributed by atoms with E-state index >= 15 is 0 Å². The molecule has 0 saturated carbocycles. The van der Waals surface area contributed by atoms with Gasteiger partial charge in [0.15, 0.2) is 0 Å². The molecule has 0 amide bonds. The minimum Gasteiger partial charge on any atom is -0.497 e. The molecule has 0 fully saturated rings. The first-order valence-electron chi connectivity index (χ1n) is 3.67. The number of methoxy groups -OCH3 is 1. The van der Waals surface area contributed by atoms with Gasteiger partial charge in [0.1, 0.15) is 11.3 Å². The lowest BCUT2D eigenvalue weighted by Crippen LogP contribution is -1.89. The van der Waals surface area contributed by atoms with Gasteiger partial charge >= 0.3 is 6.01 Å². The molecule has 1 heterocycles. The first-order chi connectivity index (χ1) is 6.29. The third kappa shape index (κ3) is 1.35. The average Bonchev–Trinajstić information content (AvgIpc) is 2.17. The van der Waals surface area contributed by atoms with E-state index in [4.69, 9.17) is 9.84 Å². The van der Waals surface area contributed by atoms with Crippen LogP contribution in [0.15, 0.2) is 18.2 Å². The van der Waals surface area contributed by atoms with E-state index in [0.29, 0.717) is 16.8 Å². The Balaban J connectivity index is 2.66. The zero-order valence-electron chi connectivity index (χ0n) is 6.93. The summed E-state index contributed by atoms with van der Waals surface area (Å²) in [5.74, 6) is 0.689.